The number of imidazole rings is 1. The average molecular weight is 276 g/mol. The zero-order valence-electron chi connectivity index (χ0n) is 12.3. The first-order valence-corrected chi connectivity index (χ1v) is 7.28. The molecule has 1 unspecified atom stereocenters. The van der Waals surface area contributed by atoms with Crippen molar-refractivity contribution in [3.8, 4) is 0 Å². The topological polar surface area (TPSA) is 65.1 Å². The summed E-state index contributed by atoms with van der Waals surface area (Å²) in [6.45, 7) is 6.52. The summed E-state index contributed by atoms with van der Waals surface area (Å²) in [6, 6.07) is 8.42. The summed E-state index contributed by atoms with van der Waals surface area (Å²) in [5.41, 5.74) is 5.10. The van der Waals surface area contributed by atoms with Crippen LogP contribution in [0, 0.1) is 0 Å². The lowest BCUT2D eigenvalue weighted by Crippen LogP contribution is -2.38. The molecule has 2 rings (SSSR count). The molecule has 0 amide bonds. The van der Waals surface area contributed by atoms with E-state index in [1.54, 1.807) is 0 Å². The highest BCUT2D eigenvalue weighted by atomic mass is 16.5. The number of hydrogen-bond acceptors (Lipinski definition) is 4. The minimum absolute atomic E-state index is 0.184. The van der Waals surface area contributed by atoms with E-state index in [4.69, 9.17) is 15.6 Å². The first-order chi connectivity index (χ1) is 9.80. The normalized spacial score (nSPS) is 12.9. The molecular weight excluding hydrogens is 252 g/mol. The molecule has 1 aromatic heterocycles. The molecule has 20 heavy (non-hydrogen) atoms. The number of hydrazine groups is 1. The maximum atomic E-state index is 5.65. The summed E-state index contributed by atoms with van der Waals surface area (Å²) in [7, 11) is 0. The van der Waals surface area contributed by atoms with Crippen molar-refractivity contribution in [2.45, 2.75) is 39.3 Å². The van der Waals surface area contributed by atoms with Crippen LogP contribution >= 0.6 is 0 Å². The second-order valence-corrected chi connectivity index (χ2v) is 4.81. The molecule has 1 atom stereocenters. The molecule has 1 aromatic carbocycles. The molecule has 2 aromatic rings. The standard InChI is InChI=1S/C15H24N4O/c1-3-19-14-8-6-5-7-13(14)17-15(19)11-12(18-16)9-10-20-4-2/h5-8,12,18H,3-4,9-11,16H2,1-2H3. The zero-order valence-corrected chi connectivity index (χ0v) is 12.3. The van der Waals surface area contributed by atoms with Crippen molar-refractivity contribution in [1.82, 2.24) is 15.0 Å². The van der Waals surface area contributed by atoms with Crippen LogP contribution < -0.4 is 11.3 Å². The fourth-order valence-electron chi connectivity index (χ4n) is 2.47. The Hall–Kier alpha value is -1.43. The van der Waals surface area contributed by atoms with E-state index in [1.807, 2.05) is 19.1 Å². The van der Waals surface area contributed by atoms with Crippen molar-refractivity contribution in [1.29, 1.82) is 0 Å². The van der Waals surface area contributed by atoms with E-state index in [9.17, 15) is 0 Å². The van der Waals surface area contributed by atoms with Crippen LogP contribution in [-0.4, -0.2) is 28.8 Å². The number of hydrogen-bond donors (Lipinski definition) is 2. The Morgan fingerprint density at radius 1 is 1.35 bits per heavy atom. The van der Waals surface area contributed by atoms with E-state index in [0.717, 1.165) is 43.9 Å². The summed E-state index contributed by atoms with van der Waals surface area (Å²) in [6.07, 6.45) is 1.70. The Kier molecular flexibility index (Phi) is 5.52. The van der Waals surface area contributed by atoms with Gasteiger partial charge in [0.15, 0.2) is 0 Å². The van der Waals surface area contributed by atoms with Gasteiger partial charge in [0, 0.05) is 32.2 Å². The third-order valence-corrected chi connectivity index (χ3v) is 3.53. The van der Waals surface area contributed by atoms with Gasteiger partial charge in [-0.2, -0.15) is 0 Å². The Morgan fingerprint density at radius 2 is 2.15 bits per heavy atom. The summed E-state index contributed by atoms with van der Waals surface area (Å²) in [5.74, 6) is 6.72. The highest BCUT2D eigenvalue weighted by Gasteiger charge is 2.14. The van der Waals surface area contributed by atoms with Gasteiger partial charge >= 0.3 is 0 Å². The van der Waals surface area contributed by atoms with E-state index in [2.05, 4.69) is 29.0 Å². The van der Waals surface area contributed by atoms with Crippen LogP contribution in [0.2, 0.25) is 0 Å². The van der Waals surface area contributed by atoms with E-state index < -0.39 is 0 Å². The van der Waals surface area contributed by atoms with Gasteiger partial charge in [-0.05, 0) is 32.4 Å². The molecule has 1 heterocycles. The molecule has 0 saturated heterocycles. The van der Waals surface area contributed by atoms with Crippen molar-refractivity contribution >= 4 is 11.0 Å². The number of nitrogens with zero attached hydrogens (tertiary/aromatic N) is 2. The number of fused-ring (bicyclic) bond motifs is 1. The first-order valence-electron chi connectivity index (χ1n) is 7.28. The molecule has 110 valence electrons. The Bertz CT molecular complexity index is 538. The quantitative estimate of drug-likeness (QED) is 0.439. The van der Waals surface area contributed by atoms with Crippen LogP contribution in [0.25, 0.3) is 11.0 Å². The Labute approximate surface area is 120 Å². The van der Waals surface area contributed by atoms with Gasteiger partial charge in [-0.15, -0.1) is 0 Å². The van der Waals surface area contributed by atoms with Gasteiger partial charge in [-0.25, -0.2) is 4.98 Å². The lowest BCUT2D eigenvalue weighted by molar-refractivity contribution is 0.136. The van der Waals surface area contributed by atoms with Crippen LogP contribution in [0.3, 0.4) is 0 Å². The predicted molar refractivity (Wildman–Crippen MR) is 81.3 cm³/mol. The molecule has 5 nitrogen and oxygen atoms in total. The predicted octanol–water partition coefficient (Wildman–Crippen LogP) is 1.86. The van der Waals surface area contributed by atoms with E-state index in [1.165, 1.54) is 5.52 Å². The van der Waals surface area contributed by atoms with Crippen molar-refractivity contribution in [2.24, 2.45) is 5.84 Å². The lowest BCUT2D eigenvalue weighted by atomic mass is 10.1. The van der Waals surface area contributed by atoms with Crippen molar-refractivity contribution < 1.29 is 4.74 Å². The van der Waals surface area contributed by atoms with Crippen LogP contribution in [0.1, 0.15) is 26.1 Å². The molecule has 0 radical (unpaired) electrons. The number of nitrogens with two attached hydrogens (primary N) is 1. The minimum atomic E-state index is 0.184. The van der Waals surface area contributed by atoms with Crippen molar-refractivity contribution in [3.05, 3.63) is 30.1 Å². The second kappa shape index (κ2) is 7.38. The average Bonchev–Trinajstić information content (AvgIpc) is 2.83. The summed E-state index contributed by atoms with van der Waals surface area (Å²) in [5, 5.41) is 0. The van der Waals surface area contributed by atoms with Crippen LogP contribution in [0.15, 0.2) is 24.3 Å². The van der Waals surface area contributed by atoms with E-state index >= 15 is 0 Å². The number of benzene rings is 1. The Balaban J connectivity index is 2.14. The molecular formula is C15H24N4O. The fraction of sp³-hybridized carbons (Fsp3) is 0.533. The van der Waals surface area contributed by atoms with Gasteiger partial charge in [-0.1, -0.05) is 12.1 Å². The highest BCUT2D eigenvalue weighted by Crippen LogP contribution is 2.17. The van der Waals surface area contributed by atoms with Crippen LogP contribution in [0.5, 0.6) is 0 Å². The number of aryl methyl sites for hydroxylation is 1. The number of ether oxygens (including phenoxy) is 1. The van der Waals surface area contributed by atoms with Gasteiger partial charge in [0.2, 0.25) is 0 Å². The molecule has 0 aliphatic rings. The van der Waals surface area contributed by atoms with Gasteiger partial charge in [-0.3, -0.25) is 11.3 Å². The molecule has 0 spiro atoms. The minimum Gasteiger partial charge on any atom is -0.382 e. The van der Waals surface area contributed by atoms with E-state index in [-0.39, 0.29) is 6.04 Å². The van der Waals surface area contributed by atoms with Gasteiger partial charge in [0.05, 0.1) is 11.0 Å². The van der Waals surface area contributed by atoms with E-state index in [0.29, 0.717) is 0 Å². The molecule has 5 heteroatoms. The summed E-state index contributed by atoms with van der Waals surface area (Å²) in [4.78, 5) is 4.73. The first kappa shape index (κ1) is 15.0. The third-order valence-electron chi connectivity index (χ3n) is 3.53. The van der Waals surface area contributed by atoms with Gasteiger partial charge in [0.1, 0.15) is 5.82 Å². The van der Waals surface area contributed by atoms with Crippen molar-refractivity contribution in [3.63, 3.8) is 0 Å². The molecule has 3 N–H and O–H groups in total. The smallest absolute Gasteiger partial charge is 0.111 e. The van der Waals surface area contributed by atoms with Crippen LogP contribution in [-0.2, 0) is 17.7 Å². The summed E-state index contributed by atoms with van der Waals surface area (Å²) >= 11 is 0. The monoisotopic (exact) mass is 276 g/mol. The Morgan fingerprint density at radius 3 is 2.85 bits per heavy atom. The molecule has 0 aliphatic heterocycles. The molecule has 0 saturated carbocycles. The fourth-order valence-corrected chi connectivity index (χ4v) is 2.47. The molecule has 0 fully saturated rings. The molecule has 0 aliphatic carbocycles. The maximum absolute atomic E-state index is 5.65. The number of rotatable bonds is 8. The second-order valence-electron chi connectivity index (χ2n) is 4.81. The third kappa shape index (κ3) is 3.36. The molecule has 0 bridgehead atoms. The zero-order chi connectivity index (χ0) is 14.4. The largest absolute Gasteiger partial charge is 0.382 e. The lowest BCUT2D eigenvalue weighted by Gasteiger charge is -2.16. The SMILES string of the molecule is CCOCCC(Cc1nc2ccccc2n1CC)NN. The van der Waals surface area contributed by atoms with Gasteiger partial charge < -0.3 is 9.30 Å². The summed E-state index contributed by atoms with van der Waals surface area (Å²) < 4.78 is 7.65. The number of aromatic nitrogens is 2. The van der Waals surface area contributed by atoms with Gasteiger partial charge in [0.25, 0.3) is 0 Å². The number of para-hydroxylation sites is 2. The number of nitrogens with one attached hydrogen (secondary N) is 1. The van der Waals surface area contributed by atoms with Crippen LogP contribution in [0.4, 0.5) is 0 Å². The maximum Gasteiger partial charge on any atom is 0.111 e. The highest BCUT2D eigenvalue weighted by molar-refractivity contribution is 5.75. The van der Waals surface area contributed by atoms with Crippen molar-refractivity contribution in [2.75, 3.05) is 13.2 Å².